The number of carbonyl (C=O) groups is 1. The third kappa shape index (κ3) is 4.26. The van der Waals surface area contributed by atoms with Gasteiger partial charge >= 0.3 is 6.18 Å². The number of pyridine rings is 1. The van der Waals surface area contributed by atoms with Gasteiger partial charge in [0.2, 0.25) is 5.91 Å². The number of nitrogens with one attached hydrogen (secondary N) is 1. The van der Waals surface area contributed by atoms with Crippen molar-refractivity contribution in [1.29, 1.82) is 0 Å². The van der Waals surface area contributed by atoms with Crippen LogP contribution in [0.2, 0.25) is 0 Å². The maximum absolute atomic E-state index is 12.9. The zero-order valence-corrected chi connectivity index (χ0v) is 15.9. The second-order valence-electron chi connectivity index (χ2n) is 6.74. The lowest BCUT2D eigenvalue weighted by Crippen LogP contribution is -2.49. The summed E-state index contributed by atoms with van der Waals surface area (Å²) in [4.78, 5) is 20.7. The summed E-state index contributed by atoms with van der Waals surface area (Å²) < 4.78 is 39.5. The predicted octanol–water partition coefficient (Wildman–Crippen LogP) is 1.69. The normalized spacial score (nSPS) is 14.9. The van der Waals surface area contributed by atoms with E-state index in [2.05, 4.69) is 30.5 Å². The molecule has 1 amide bonds. The molecule has 0 radical (unpaired) electrons. The molecule has 4 rings (SSSR count). The fourth-order valence-corrected chi connectivity index (χ4v) is 3.24. The molecule has 12 heteroatoms. The molecular weight excluding hydrogens is 401 g/mol. The molecule has 0 aliphatic carbocycles. The van der Waals surface area contributed by atoms with E-state index in [-0.39, 0.29) is 30.3 Å². The van der Waals surface area contributed by atoms with E-state index in [0.717, 1.165) is 5.82 Å². The van der Waals surface area contributed by atoms with Crippen LogP contribution in [0.15, 0.2) is 36.5 Å². The highest BCUT2D eigenvalue weighted by Crippen LogP contribution is 2.27. The zero-order chi connectivity index (χ0) is 21.1. The SMILES string of the molecule is O=C(CCNc1ccc2nnc(C(F)(F)F)n2n1)N1CCN(c2ccccn2)CC1. The molecule has 3 aromatic rings. The smallest absolute Gasteiger partial charge is 0.368 e. The summed E-state index contributed by atoms with van der Waals surface area (Å²) >= 11 is 0. The Balaban J connectivity index is 1.29. The molecule has 1 aliphatic heterocycles. The van der Waals surface area contributed by atoms with Gasteiger partial charge in [0.25, 0.3) is 5.82 Å². The van der Waals surface area contributed by atoms with E-state index in [4.69, 9.17) is 0 Å². The highest BCUT2D eigenvalue weighted by Gasteiger charge is 2.37. The molecule has 1 saturated heterocycles. The van der Waals surface area contributed by atoms with E-state index in [0.29, 0.717) is 30.7 Å². The van der Waals surface area contributed by atoms with Gasteiger partial charge in [-0.1, -0.05) is 6.07 Å². The van der Waals surface area contributed by atoms with Gasteiger partial charge in [-0.2, -0.15) is 17.7 Å². The van der Waals surface area contributed by atoms with Crippen molar-refractivity contribution in [3.05, 3.63) is 42.4 Å². The van der Waals surface area contributed by atoms with Crippen molar-refractivity contribution in [2.75, 3.05) is 42.9 Å². The van der Waals surface area contributed by atoms with Crippen LogP contribution in [0, 0.1) is 0 Å². The molecule has 0 bridgehead atoms. The van der Waals surface area contributed by atoms with Crippen LogP contribution >= 0.6 is 0 Å². The molecule has 0 spiro atoms. The van der Waals surface area contributed by atoms with E-state index < -0.39 is 12.0 Å². The first-order chi connectivity index (χ1) is 14.4. The lowest BCUT2D eigenvalue weighted by Gasteiger charge is -2.35. The maximum Gasteiger partial charge on any atom is 0.453 e. The summed E-state index contributed by atoms with van der Waals surface area (Å²) in [5, 5.41) is 13.4. The van der Waals surface area contributed by atoms with Crippen LogP contribution in [-0.4, -0.2) is 68.3 Å². The zero-order valence-electron chi connectivity index (χ0n) is 15.9. The molecule has 0 atom stereocenters. The van der Waals surface area contributed by atoms with Crippen molar-refractivity contribution in [2.24, 2.45) is 0 Å². The van der Waals surface area contributed by atoms with Crippen molar-refractivity contribution < 1.29 is 18.0 Å². The molecule has 1 fully saturated rings. The van der Waals surface area contributed by atoms with Crippen LogP contribution in [0.5, 0.6) is 0 Å². The number of fused-ring (bicyclic) bond motifs is 1. The van der Waals surface area contributed by atoms with Crippen LogP contribution in [-0.2, 0) is 11.0 Å². The van der Waals surface area contributed by atoms with Crippen molar-refractivity contribution in [1.82, 2.24) is 29.7 Å². The highest BCUT2D eigenvalue weighted by atomic mass is 19.4. The Bertz CT molecular complexity index is 1020. The molecule has 1 N–H and O–H groups in total. The Labute approximate surface area is 169 Å². The topological polar surface area (TPSA) is 91.5 Å². The van der Waals surface area contributed by atoms with Crippen LogP contribution in [0.1, 0.15) is 12.2 Å². The minimum atomic E-state index is -4.65. The number of hydrogen-bond donors (Lipinski definition) is 1. The van der Waals surface area contributed by atoms with Gasteiger partial charge in [-0.15, -0.1) is 15.3 Å². The molecule has 30 heavy (non-hydrogen) atoms. The van der Waals surface area contributed by atoms with Gasteiger partial charge in [0.05, 0.1) is 0 Å². The number of piperazine rings is 1. The number of hydrogen-bond acceptors (Lipinski definition) is 7. The third-order valence-corrected chi connectivity index (χ3v) is 4.77. The molecule has 9 nitrogen and oxygen atoms in total. The van der Waals surface area contributed by atoms with Gasteiger partial charge in [-0.3, -0.25) is 4.79 Å². The average molecular weight is 420 g/mol. The minimum Gasteiger partial charge on any atom is -0.368 e. The molecular formula is C18H19F3N8O. The summed E-state index contributed by atoms with van der Waals surface area (Å²) in [6.45, 7) is 2.83. The molecule has 158 valence electrons. The second-order valence-corrected chi connectivity index (χ2v) is 6.74. The van der Waals surface area contributed by atoms with Gasteiger partial charge in [0.15, 0.2) is 5.65 Å². The van der Waals surface area contributed by atoms with Gasteiger partial charge < -0.3 is 15.1 Å². The van der Waals surface area contributed by atoms with Crippen LogP contribution < -0.4 is 10.2 Å². The maximum atomic E-state index is 12.9. The predicted molar refractivity (Wildman–Crippen MR) is 102 cm³/mol. The first kappa shape index (κ1) is 19.9. The van der Waals surface area contributed by atoms with Crippen LogP contribution in [0.25, 0.3) is 5.65 Å². The minimum absolute atomic E-state index is 0.00488. The number of amides is 1. The number of rotatable bonds is 5. The highest BCUT2D eigenvalue weighted by molar-refractivity contribution is 5.77. The summed E-state index contributed by atoms with van der Waals surface area (Å²) in [7, 11) is 0. The molecule has 3 aromatic heterocycles. The number of halogens is 3. The van der Waals surface area contributed by atoms with E-state index in [1.165, 1.54) is 12.1 Å². The van der Waals surface area contributed by atoms with Gasteiger partial charge in [0, 0.05) is 45.3 Å². The summed E-state index contributed by atoms with van der Waals surface area (Å²) in [6, 6.07) is 8.60. The van der Waals surface area contributed by atoms with Gasteiger partial charge in [0.1, 0.15) is 11.6 Å². The number of anilines is 2. The van der Waals surface area contributed by atoms with E-state index >= 15 is 0 Å². The number of aromatic nitrogens is 5. The van der Waals surface area contributed by atoms with E-state index in [9.17, 15) is 18.0 Å². The van der Waals surface area contributed by atoms with E-state index in [1.54, 1.807) is 11.1 Å². The average Bonchev–Trinajstić information content (AvgIpc) is 3.18. The number of carbonyl (C=O) groups excluding carboxylic acids is 1. The quantitative estimate of drug-likeness (QED) is 0.672. The Morgan fingerprint density at radius 2 is 1.87 bits per heavy atom. The Kier molecular flexibility index (Phi) is 5.38. The number of alkyl halides is 3. The van der Waals surface area contributed by atoms with Crippen molar-refractivity contribution in [3.63, 3.8) is 0 Å². The standard InChI is InChI=1S/C18H19F3N8O/c19-18(20,21)17-25-24-15-5-4-13(26-29(15)17)22-8-6-16(30)28-11-9-27(10-12-28)14-3-1-2-7-23-14/h1-5,7H,6,8-12H2,(H,22,26). The van der Waals surface area contributed by atoms with Gasteiger partial charge in [-0.05, 0) is 24.3 Å². The first-order valence-electron chi connectivity index (χ1n) is 9.39. The van der Waals surface area contributed by atoms with Crippen molar-refractivity contribution in [2.45, 2.75) is 12.6 Å². The van der Waals surface area contributed by atoms with Crippen LogP contribution in [0.4, 0.5) is 24.8 Å². The molecule has 0 saturated carbocycles. The monoisotopic (exact) mass is 420 g/mol. The largest absolute Gasteiger partial charge is 0.453 e. The fourth-order valence-electron chi connectivity index (χ4n) is 3.24. The summed E-state index contributed by atoms with van der Waals surface area (Å²) in [6.07, 6.45) is -2.71. The Morgan fingerprint density at radius 1 is 1.07 bits per heavy atom. The third-order valence-electron chi connectivity index (χ3n) is 4.77. The van der Waals surface area contributed by atoms with Crippen molar-refractivity contribution in [3.8, 4) is 0 Å². The lowest BCUT2D eigenvalue weighted by molar-refractivity contribution is -0.146. The lowest BCUT2D eigenvalue weighted by atomic mass is 10.2. The molecule has 4 heterocycles. The molecule has 0 unspecified atom stereocenters. The first-order valence-corrected chi connectivity index (χ1v) is 9.39. The number of nitrogens with zero attached hydrogens (tertiary/aromatic N) is 7. The summed E-state index contributed by atoms with van der Waals surface area (Å²) in [5.74, 6) is -0.118. The van der Waals surface area contributed by atoms with Crippen molar-refractivity contribution >= 4 is 23.2 Å². The molecule has 0 aromatic carbocycles. The Morgan fingerprint density at radius 3 is 2.57 bits per heavy atom. The molecule has 1 aliphatic rings. The Hall–Kier alpha value is -3.44. The van der Waals surface area contributed by atoms with E-state index in [1.807, 2.05) is 18.2 Å². The fraction of sp³-hybridized carbons (Fsp3) is 0.389. The van der Waals surface area contributed by atoms with Crippen LogP contribution in [0.3, 0.4) is 0 Å². The second kappa shape index (κ2) is 8.13. The van der Waals surface area contributed by atoms with Gasteiger partial charge in [-0.25, -0.2) is 4.98 Å². The summed E-state index contributed by atoms with van der Waals surface area (Å²) in [5.41, 5.74) is -0.00488.